The van der Waals surface area contributed by atoms with Crippen molar-refractivity contribution in [3.8, 4) is 17.0 Å². The topological polar surface area (TPSA) is 48.1 Å². The van der Waals surface area contributed by atoms with Gasteiger partial charge in [0.2, 0.25) is 0 Å². The Bertz CT molecular complexity index is 627. The van der Waals surface area contributed by atoms with Crippen LogP contribution in [0.2, 0.25) is 10.0 Å². The third-order valence-electron chi connectivity index (χ3n) is 2.89. The number of nitrogens with two attached hydrogens (primary N) is 1. The van der Waals surface area contributed by atoms with E-state index in [4.69, 9.17) is 33.7 Å². The normalized spacial score (nSPS) is 14.4. The number of aromatic nitrogens is 1. The Morgan fingerprint density at radius 3 is 2.68 bits per heavy atom. The van der Waals surface area contributed by atoms with Gasteiger partial charge in [-0.2, -0.15) is 0 Å². The Labute approximate surface area is 121 Å². The number of pyridine rings is 1. The van der Waals surface area contributed by atoms with Crippen molar-refractivity contribution < 1.29 is 4.74 Å². The fourth-order valence-electron chi connectivity index (χ4n) is 1.78. The first-order valence-electron chi connectivity index (χ1n) is 6.02. The summed E-state index contributed by atoms with van der Waals surface area (Å²) in [5.74, 6) is 1.10. The molecule has 1 fully saturated rings. The van der Waals surface area contributed by atoms with Crippen LogP contribution < -0.4 is 10.5 Å². The monoisotopic (exact) mass is 294 g/mol. The van der Waals surface area contributed by atoms with Gasteiger partial charge in [-0.15, -0.1) is 0 Å². The molecule has 2 N–H and O–H groups in total. The molecule has 3 rings (SSSR count). The van der Waals surface area contributed by atoms with Crippen LogP contribution in [0.3, 0.4) is 0 Å². The third kappa shape index (κ3) is 2.77. The molecule has 3 nitrogen and oxygen atoms in total. The smallest absolute Gasteiger partial charge is 0.143 e. The van der Waals surface area contributed by atoms with E-state index < -0.39 is 0 Å². The number of nitrogens with zero attached hydrogens (tertiary/aromatic N) is 1. The summed E-state index contributed by atoms with van der Waals surface area (Å²) in [5, 5.41) is 0.835. The molecule has 0 atom stereocenters. The number of ether oxygens (including phenoxy) is 1. The molecule has 0 saturated heterocycles. The zero-order valence-corrected chi connectivity index (χ0v) is 11.6. The van der Waals surface area contributed by atoms with Crippen LogP contribution in [0.25, 0.3) is 11.3 Å². The zero-order chi connectivity index (χ0) is 13.4. The minimum Gasteiger partial charge on any atom is -0.490 e. The Kier molecular flexibility index (Phi) is 3.25. The molecule has 0 spiro atoms. The van der Waals surface area contributed by atoms with Crippen molar-refractivity contribution in [2.24, 2.45) is 0 Å². The van der Waals surface area contributed by atoms with Crippen molar-refractivity contribution in [1.29, 1.82) is 0 Å². The summed E-state index contributed by atoms with van der Waals surface area (Å²) < 4.78 is 5.75. The highest BCUT2D eigenvalue weighted by Gasteiger charge is 2.23. The number of hydrogen-bond donors (Lipinski definition) is 1. The predicted molar refractivity (Wildman–Crippen MR) is 77.8 cm³/mol. The average molecular weight is 295 g/mol. The minimum atomic E-state index is 0.273. The number of benzene rings is 1. The van der Waals surface area contributed by atoms with Crippen molar-refractivity contribution in [2.75, 3.05) is 5.73 Å². The van der Waals surface area contributed by atoms with Crippen molar-refractivity contribution in [3.05, 3.63) is 40.4 Å². The molecule has 1 aliphatic carbocycles. The van der Waals surface area contributed by atoms with E-state index in [1.165, 1.54) is 0 Å². The summed E-state index contributed by atoms with van der Waals surface area (Å²) in [7, 11) is 0. The van der Waals surface area contributed by atoms with Crippen LogP contribution in [-0.2, 0) is 0 Å². The van der Waals surface area contributed by atoms with Gasteiger partial charge >= 0.3 is 0 Å². The Morgan fingerprint density at radius 1 is 1.16 bits per heavy atom. The van der Waals surface area contributed by atoms with Gasteiger partial charge in [0.05, 0.1) is 21.8 Å². The van der Waals surface area contributed by atoms with E-state index in [9.17, 15) is 0 Å². The van der Waals surface area contributed by atoms with Crippen LogP contribution in [0.5, 0.6) is 5.75 Å². The predicted octanol–water partition coefficient (Wildman–Crippen LogP) is 4.18. The molecule has 0 radical (unpaired) electrons. The van der Waals surface area contributed by atoms with Crippen molar-refractivity contribution in [3.63, 3.8) is 0 Å². The van der Waals surface area contributed by atoms with E-state index in [0.29, 0.717) is 21.8 Å². The molecule has 2 aromatic rings. The van der Waals surface area contributed by atoms with Gasteiger partial charge in [0, 0.05) is 5.56 Å². The van der Waals surface area contributed by atoms with Crippen LogP contribution in [-0.4, -0.2) is 11.1 Å². The second-order valence-corrected chi connectivity index (χ2v) is 5.35. The maximum absolute atomic E-state index is 6.16. The first-order valence-corrected chi connectivity index (χ1v) is 6.77. The lowest BCUT2D eigenvalue weighted by atomic mass is 10.1. The zero-order valence-electron chi connectivity index (χ0n) is 10.1. The quantitative estimate of drug-likeness (QED) is 0.924. The maximum atomic E-state index is 6.16. The van der Waals surface area contributed by atoms with Gasteiger partial charge in [0.1, 0.15) is 11.6 Å². The standard InChI is InChI=1S/C14H12Cl2N2O/c15-11-7-12(16)14(17)18-13(11)8-2-1-3-10(6-8)19-9-4-5-9/h1-3,6-7,9H,4-5H2,(H2,17,18). The van der Waals surface area contributed by atoms with E-state index in [2.05, 4.69) is 4.98 Å². The lowest BCUT2D eigenvalue weighted by Gasteiger charge is -2.09. The van der Waals surface area contributed by atoms with E-state index in [-0.39, 0.29) is 5.82 Å². The van der Waals surface area contributed by atoms with Gasteiger partial charge in [0.15, 0.2) is 0 Å². The Hall–Kier alpha value is -1.45. The summed E-state index contributed by atoms with van der Waals surface area (Å²) in [6.45, 7) is 0. The van der Waals surface area contributed by atoms with Crippen LogP contribution in [0.1, 0.15) is 12.8 Å². The van der Waals surface area contributed by atoms with E-state index >= 15 is 0 Å². The van der Waals surface area contributed by atoms with Gasteiger partial charge < -0.3 is 10.5 Å². The number of hydrogen-bond acceptors (Lipinski definition) is 3. The Balaban J connectivity index is 1.98. The van der Waals surface area contributed by atoms with Crippen LogP contribution in [0.4, 0.5) is 5.82 Å². The van der Waals surface area contributed by atoms with Gasteiger partial charge in [-0.1, -0.05) is 35.3 Å². The minimum absolute atomic E-state index is 0.273. The van der Waals surface area contributed by atoms with E-state index in [1.54, 1.807) is 6.07 Å². The molecular formula is C14H12Cl2N2O. The van der Waals surface area contributed by atoms with Gasteiger partial charge in [-0.05, 0) is 31.0 Å². The molecule has 1 saturated carbocycles. The molecule has 0 bridgehead atoms. The molecule has 0 aliphatic heterocycles. The molecular weight excluding hydrogens is 283 g/mol. The summed E-state index contributed by atoms with van der Waals surface area (Å²) >= 11 is 12.0. The molecule has 5 heteroatoms. The molecule has 1 aliphatic rings. The molecule has 98 valence electrons. The molecule has 1 aromatic heterocycles. The van der Waals surface area contributed by atoms with E-state index in [0.717, 1.165) is 24.2 Å². The highest BCUT2D eigenvalue weighted by Crippen LogP contribution is 2.34. The molecule has 1 aromatic carbocycles. The third-order valence-corrected chi connectivity index (χ3v) is 3.48. The number of anilines is 1. The largest absolute Gasteiger partial charge is 0.490 e. The molecule has 0 amide bonds. The fraction of sp³-hybridized carbons (Fsp3) is 0.214. The average Bonchev–Trinajstić information content (AvgIpc) is 3.18. The first-order chi connectivity index (χ1) is 9.13. The molecule has 0 unspecified atom stereocenters. The van der Waals surface area contributed by atoms with Crippen LogP contribution in [0, 0.1) is 0 Å². The SMILES string of the molecule is Nc1nc(-c2cccc(OC3CC3)c2)c(Cl)cc1Cl. The van der Waals surface area contributed by atoms with E-state index in [1.807, 2.05) is 24.3 Å². The lowest BCUT2D eigenvalue weighted by molar-refractivity contribution is 0.303. The Morgan fingerprint density at radius 2 is 1.95 bits per heavy atom. The lowest BCUT2D eigenvalue weighted by Crippen LogP contribution is -1.97. The molecule has 1 heterocycles. The number of nitrogen functional groups attached to an aromatic ring is 1. The number of rotatable bonds is 3. The first kappa shape index (κ1) is 12.6. The second kappa shape index (κ2) is 4.91. The van der Waals surface area contributed by atoms with Crippen molar-refractivity contribution >= 4 is 29.0 Å². The second-order valence-electron chi connectivity index (χ2n) is 4.53. The summed E-state index contributed by atoms with van der Waals surface area (Å²) in [6, 6.07) is 9.28. The summed E-state index contributed by atoms with van der Waals surface area (Å²) in [5.41, 5.74) is 7.21. The van der Waals surface area contributed by atoms with Gasteiger partial charge in [0.25, 0.3) is 0 Å². The number of halogens is 2. The maximum Gasteiger partial charge on any atom is 0.143 e. The highest BCUT2D eigenvalue weighted by atomic mass is 35.5. The van der Waals surface area contributed by atoms with Crippen LogP contribution in [0.15, 0.2) is 30.3 Å². The molecule has 19 heavy (non-hydrogen) atoms. The van der Waals surface area contributed by atoms with Gasteiger partial charge in [-0.25, -0.2) is 4.98 Å². The fourth-order valence-corrected chi connectivity index (χ4v) is 2.25. The summed E-state index contributed by atoms with van der Waals surface area (Å²) in [6.07, 6.45) is 2.60. The summed E-state index contributed by atoms with van der Waals surface area (Å²) in [4.78, 5) is 4.24. The highest BCUT2D eigenvalue weighted by molar-refractivity contribution is 6.37. The van der Waals surface area contributed by atoms with Crippen LogP contribution >= 0.6 is 23.2 Å². The van der Waals surface area contributed by atoms with Crippen molar-refractivity contribution in [1.82, 2.24) is 4.98 Å². The van der Waals surface area contributed by atoms with Crippen molar-refractivity contribution in [2.45, 2.75) is 18.9 Å². The van der Waals surface area contributed by atoms with Gasteiger partial charge in [-0.3, -0.25) is 0 Å².